The minimum atomic E-state index is -0.299. The molecule has 0 saturated carbocycles. The molecule has 1 N–H and O–H groups in total. The van der Waals surface area contributed by atoms with Gasteiger partial charge in [0.15, 0.2) is 0 Å². The second kappa shape index (κ2) is 7.53. The summed E-state index contributed by atoms with van der Waals surface area (Å²) in [5.41, 5.74) is 1.98. The molecule has 3 aromatic rings. The zero-order valence-corrected chi connectivity index (χ0v) is 15.3. The van der Waals surface area contributed by atoms with Gasteiger partial charge in [0.05, 0.1) is 5.01 Å². The first-order valence-corrected chi connectivity index (χ1v) is 8.97. The number of carbonyl (C=O) groups is 1. The minimum absolute atomic E-state index is 0.299. The van der Waals surface area contributed by atoms with E-state index in [9.17, 15) is 4.79 Å². The van der Waals surface area contributed by atoms with Crippen LogP contribution >= 0.6 is 46.1 Å². The normalized spacial score (nSPS) is 10.6. The summed E-state index contributed by atoms with van der Waals surface area (Å²) in [7, 11) is 0. The van der Waals surface area contributed by atoms with Crippen LogP contribution in [0.4, 0.5) is 5.69 Å². The van der Waals surface area contributed by atoms with E-state index in [1.54, 1.807) is 23.6 Å². The number of thiazole rings is 1. The zero-order chi connectivity index (χ0) is 17.1. The molecule has 0 aliphatic carbocycles. The zero-order valence-electron chi connectivity index (χ0n) is 12.2. The number of aromatic nitrogens is 1. The molecule has 1 aromatic heterocycles. The molecule has 2 aromatic carbocycles. The second-order valence-electron chi connectivity index (χ2n) is 5.04. The fourth-order valence-electron chi connectivity index (χ4n) is 2.09. The maximum absolute atomic E-state index is 12.3. The Hall–Kier alpha value is -1.59. The minimum Gasteiger partial charge on any atom is -0.321 e. The second-order valence-corrected chi connectivity index (χ2v) is 7.29. The molecule has 0 aliphatic heterocycles. The van der Waals surface area contributed by atoms with Gasteiger partial charge in [-0.15, -0.1) is 11.3 Å². The Labute approximate surface area is 158 Å². The van der Waals surface area contributed by atoms with Gasteiger partial charge < -0.3 is 5.32 Å². The van der Waals surface area contributed by atoms with Crippen LogP contribution in [0.15, 0.2) is 47.8 Å². The number of hydrogen-bond donors (Lipinski definition) is 1. The van der Waals surface area contributed by atoms with Gasteiger partial charge in [-0.3, -0.25) is 4.79 Å². The molecule has 1 amide bonds. The van der Waals surface area contributed by atoms with Crippen molar-refractivity contribution in [1.29, 1.82) is 0 Å². The highest BCUT2D eigenvalue weighted by Gasteiger charge is 2.12. The number of hydrogen-bond acceptors (Lipinski definition) is 3. The van der Waals surface area contributed by atoms with Crippen LogP contribution in [0.5, 0.6) is 0 Å². The third kappa shape index (κ3) is 4.48. The molecule has 1 heterocycles. The van der Waals surface area contributed by atoms with Crippen molar-refractivity contribution in [2.45, 2.75) is 6.42 Å². The van der Waals surface area contributed by atoms with E-state index in [0.29, 0.717) is 32.9 Å². The summed E-state index contributed by atoms with van der Waals surface area (Å²) in [6, 6.07) is 12.4. The van der Waals surface area contributed by atoms with Crippen molar-refractivity contribution >= 4 is 57.7 Å². The number of nitrogens with zero attached hydrogens (tertiary/aromatic N) is 1. The van der Waals surface area contributed by atoms with Crippen molar-refractivity contribution in [2.75, 3.05) is 5.32 Å². The van der Waals surface area contributed by atoms with Crippen molar-refractivity contribution in [3.63, 3.8) is 0 Å². The van der Waals surface area contributed by atoms with Crippen molar-refractivity contribution < 1.29 is 4.79 Å². The molecule has 0 spiro atoms. The largest absolute Gasteiger partial charge is 0.321 e. The van der Waals surface area contributed by atoms with E-state index < -0.39 is 0 Å². The summed E-state index contributed by atoms with van der Waals surface area (Å²) in [5, 5.41) is 6.93. The van der Waals surface area contributed by atoms with Crippen LogP contribution < -0.4 is 5.32 Å². The van der Waals surface area contributed by atoms with E-state index in [0.717, 1.165) is 10.6 Å². The van der Waals surface area contributed by atoms with Gasteiger partial charge in [0.25, 0.3) is 5.91 Å². The van der Waals surface area contributed by atoms with E-state index in [2.05, 4.69) is 10.3 Å². The topological polar surface area (TPSA) is 42.0 Å². The molecule has 0 atom stereocenters. The first-order valence-electron chi connectivity index (χ1n) is 6.96. The van der Waals surface area contributed by atoms with E-state index in [1.807, 2.05) is 24.3 Å². The van der Waals surface area contributed by atoms with Gasteiger partial charge in [-0.2, -0.15) is 0 Å². The van der Waals surface area contributed by atoms with Crippen molar-refractivity contribution in [3.05, 3.63) is 79.2 Å². The molecule has 24 heavy (non-hydrogen) atoms. The summed E-state index contributed by atoms with van der Waals surface area (Å²) in [5.74, 6) is -0.299. The van der Waals surface area contributed by atoms with Gasteiger partial charge in [-0.1, -0.05) is 46.9 Å². The van der Waals surface area contributed by atoms with E-state index in [-0.39, 0.29) is 5.91 Å². The number of nitrogens with one attached hydrogen (secondary N) is 1. The molecule has 3 nitrogen and oxygen atoms in total. The van der Waals surface area contributed by atoms with E-state index >= 15 is 0 Å². The van der Waals surface area contributed by atoms with Crippen molar-refractivity contribution in [3.8, 4) is 0 Å². The SMILES string of the molecule is O=C(Nc1cc(Cl)cc(Cl)c1)c1csc(Cc2ccc(Cl)cc2)n1. The Morgan fingerprint density at radius 2 is 1.67 bits per heavy atom. The van der Waals surface area contributed by atoms with Crippen LogP contribution in [0.25, 0.3) is 0 Å². The van der Waals surface area contributed by atoms with Crippen molar-refractivity contribution in [1.82, 2.24) is 4.98 Å². The average Bonchev–Trinajstić information content (AvgIpc) is 2.97. The molecular weight excluding hydrogens is 387 g/mol. The third-order valence-corrected chi connectivity index (χ3v) is 4.71. The summed E-state index contributed by atoms with van der Waals surface area (Å²) in [6.07, 6.45) is 0.651. The lowest BCUT2D eigenvalue weighted by Crippen LogP contribution is -2.12. The Balaban J connectivity index is 1.70. The predicted octanol–water partition coefficient (Wildman–Crippen LogP) is 5.95. The maximum atomic E-state index is 12.3. The lowest BCUT2D eigenvalue weighted by Gasteiger charge is -2.04. The van der Waals surface area contributed by atoms with Crippen LogP contribution in [0.3, 0.4) is 0 Å². The maximum Gasteiger partial charge on any atom is 0.275 e. The Morgan fingerprint density at radius 1 is 1.00 bits per heavy atom. The van der Waals surface area contributed by atoms with Gasteiger partial charge in [0, 0.05) is 32.6 Å². The lowest BCUT2D eigenvalue weighted by atomic mass is 10.2. The van der Waals surface area contributed by atoms with Crippen LogP contribution in [-0.2, 0) is 6.42 Å². The fraction of sp³-hybridized carbons (Fsp3) is 0.0588. The monoisotopic (exact) mass is 396 g/mol. The molecule has 0 aliphatic rings. The molecule has 0 bridgehead atoms. The molecule has 0 unspecified atom stereocenters. The summed E-state index contributed by atoms with van der Waals surface area (Å²) in [4.78, 5) is 16.7. The number of anilines is 1. The number of benzene rings is 2. The average molecular weight is 398 g/mol. The molecule has 122 valence electrons. The summed E-state index contributed by atoms with van der Waals surface area (Å²) in [6.45, 7) is 0. The van der Waals surface area contributed by atoms with Crippen LogP contribution in [0, 0.1) is 0 Å². The molecular formula is C17H11Cl3N2OS. The Bertz CT molecular complexity index is 858. The van der Waals surface area contributed by atoms with Crippen LogP contribution in [0.2, 0.25) is 15.1 Å². The third-order valence-electron chi connectivity index (χ3n) is 3.17. The van der Waals surface area contributed by atoms with Crippen LogP contribution in [-0.4, -0.2) is 10.9 Å². The number of halogens is 3. The quantitative estimate of drug-likeness (QED) is 0.591. The fourth-order valence-corrected chi connectivity index (χ4v) is 3.55. The highest BCUT2D eigenvalue weighted by molar-refractivity contribution is 7.09. The number of amides is 1. The molecule has 0 radical (unpaired) electrons. The lowest BCUT2D eigenvalue weighted by molar-refractivity contribution is 0.102. The standard InChI is InChI=1S/C17H11Cl3N2OS/c18-11-3-1-10(2-4-11)5-16-22-15(9-24-16)17(23)21-14-7-12(19)6-13(20)8-14/h1-4,6-9H,5H2,(H,21,23). The summed E-state index contributed by atoms with van der Waals surface area (Å²) >= 11 is 19.2. The van der Waals surface area contributed by atoms with Gasteiger partial charge in [0.1, 0.15) is 5.69 Å². The van der Waals surface area contributed by atoms with Crippen LogP contribution in [0.1, 0.15) is 21.1 Å². The first-order chi connectivity index (χ1) is 11.5. The van der Waals surface area contributed by atoms with Gasteiger partial charge in [-0.25, -0.2) is 4.98 Å². The van der Waals surface area contributed by atoms with Gasteiger partial charge in [0.2, 0.25) is 0 Å². The Morgan fingerprint density at radius 3 is 2.33 bits per heavy atom. The number of rotatable bonds is 4. The smallest absolute Gasteiger partial charge is 0.275 e. The van der Waals surface area contributed by atoms with E-state index in [1.165, 1.54) is 11.3 Å². The number of carbonyl (C=O) groups excluding carboxylic acids is 1. The highest BCUT2D eigenvalue weighted by atomic mass is 35.5. The van der Waals surface area contributed by atoms with Gasteiger partial charge in [-0.05, 0) is 35.9 Å². The Kier molecular flexibility index (Phi) is 5.41. The highest BCUT2D eigenvalue weighted by Crippen LogP contribution is 2.23. The predicted molar refractivity (Wildman–Crippen MR) is 101 cm³/mol. The first kappa shape index (κ1) is 17.2. The molecule has 3 rings (SSSR count). The molecule has 0 fully saturated rings. The van der Waals surface area contributed by atoms with Gasteiger partial charge >= 0.3 is 0 Å². The van der Waals surface area contributed by atoms with Crippen molar-refractivity contribution in [2.24, 2.45) is 0 Å². The van der Waals surface area contributed by atoms with E-state index in [4.69, 9.17) is 34.8 Å². The molecule has 7 heteroatoms. The summed E-state index contributed by atoms with van der Waals surface area (Å²) < 4.78 is 0. The molecule has 0 saturated heterocycles.